The van der Waals surface area contributed by atoms with E-state index < -0.39 is 23.9 Å². The lowest BCUT2D eigenvalue weighted by Gasteiger charge is -2.22. The van der Waals surface area contributed by atoms with Crippen molar-refractivity contribution in [1.29, 1.82) is 0 Å². The van der Waals surface area contributed by atoms with Gasteiger partial charge in [0, 0.05) is 11.6 Å². The minimum atomic E-state index is -1.28. The van der Waals surface area contributed by atoms with Gasteiger partial charge in [0.05, 0.1) is 18.3 Å². The Balaban J connectivity index is 3.20. The third-order valence-corrected chi connectivity index (χ3v) is 1.77. The summed E-state index contributed by atoms with van der Waals surface area (Å²) in [5.41, 5.74) is 4.16. The van der Waals surface area contributed by atoms with Crippen LogP contribution in [0.2, 0.25) is 0 Å². The van der Waals surface area contributed by atoms with Gasteiger partial charge < -0.3 is 10.8 Å². The molecule has 1 aromatic rings. The monoisotopic (exact) mass is 188 g/mol. The van der Waals surface area contributed by atoms with Crippen LogP contribution in [0.5, 0.6) is 0 Å². The second-order valence-corrected chi connectivity index (χ2v) is 3.06. The largest absolute Gasteiger partial charge is 0.394 e. The van der Waals surface area contributed by atoms with Crippen LogP contribution < -0.4 is 5.73 Å². The summed E-state index contributed by atoms with van der Waals surface area (Å²) in [4.78, 5) is 3.11. The van der Waals surface area contributed by atoms with Crippen LogP contribution in [0.4, 0.5) is 8.78 Å². The van der Waals surface area contributed by atoms with Gasteiger partial charge in [-0.05, 0) is 6.92 Å². The van der Waals surface area contributed by atoms with Crippen LogP contribution in [0, 0.1) is 11.8 Å². The molecule has 72 valence electrons. The number of rotatable bonds is 2. The molecule has 0 aliphatic rings. The third kappa shape index (κ3) is 1.99. The van der Waals surface area contributed by atoms with E-state index in [1.807, 2.05) is 0 Å². The number of nitrogens with zero attached hydrogens (tertiary/aromatic N) is 1. The summed E-state index contributed by atoms with van der Waals surface area (Å²) in [6.45, 7) is 0.943. The second-order valence-electron chi connectivity index (χ2n) is 3.06. The summed E-state index contributed by atoms with van der Waals surface area (Å²) < 4.78 is 25.6. The number of aromatic nitrogens is 1. The van der Waals surface area contributed by atoms with E-state index in [2.05, 4.69) is 4.98 Å². The zero-order valence-electron chi connectivity index (χ0n) is 7.09. The molecular formula is C8H10F2N2O. The summed E-state index contributed by atoms with van der Waals surface area (Å²) in [6, 6.07) is 0.881. The van der Waals surface area contributed by atoms with E-state index in [1.165, 1.54) is 6.92 Å². The Hall–Kier alpha value is -1.07. The Morgan fingerprint density at radius 1 is 1.62 bits per heavy atom. The summed E-state index contributed by atoms with van der Waals surface area (Å²) in [7, 11) is 0. The fourth-order valence-corrected chi connectivity index (χ4v) is 0.936. The highest BCUT2D eigenvalue weighted by molar-refractivity contribution is 5.22. The Morgan fingerprint density at radius 2 is 2.23 bits per heavy atom. The first-order valence-corrected chi connectivity index (χ1v) is 3.68. The molecule has 1 atom stereocenters. The van der Waals surface area contributed by atoms with Gasteiger partial charge in [0.2, 0.25) is 5.95 Å². The third-order valence-electron chi connectivity index (χ3n) is 1.77. The lowest BCUT2D eigenvalue weighted by Crippen LogP contribution is -2.38. The van der Waals surface area contributed by atoms with Crippen molar-refractivity contribution in [3.63, 3.8) is 0 Å². The molecule has 0 saturated carbocycles. The molecule has 3 N–H and O–H groups in total. The zero-order chi connectivity index (χ0) is 10.1. The fourth-order valence-electron chi connectivity index (χ4n) is 0.936. The van der Waals surface area contributed by atoms with Gasteiger partial charge in [-0.3, -0.25) is 0 Å². The first-order chi connectivity index (χ1) is 5.97. The van der Waals surface area contributed by atoms with Crippen LogP contribution in [0.15, 0.2) is 12.3 Å². The molecule has 0 spiro atoms. The van der Waals surface area contributed by atoms with E-state index in [0.717, 1.165) is 12.3 Å². The van der Waals surface area contributed by atoms with Crippen LogP contribution in [-0.2, 0) is 5.54 Å². The first-order valence-electron chi connectivity index (χ1n) is 3.68. The molecule has 1 heterocycles. The molecule has 13 heavy (non-hydrogen) atoms. The normalized spacial score (nSPS) is 15.5. The smallest absolute Gasteiger partial charge is 0.213 e. The van der Waals surface area contributed by atoms with Crippen molar-refractivity contribution in [1.82, 2.24) is 4.98 Å². The number of aliphatic hydroxyl groups excluding tert-OH is 1. The van der Waals surface area contributed by atoms with E-state index in [0.29, 0.717) is 0 Å². The summed E-state index contributed by atoms with van der Waals surface area (Å²) in [6.07, 6.45) is 0.742. The molecule has 0 aromatic carbocycles. The quantitative estimate of drug-likeness (QED) is 0.665. The van der Waals surface area contributed by atoms with Gasteiger partial charge in [-0.2, -0.15) is 4.39 Å². The maximum Gasteiger partial charge on any atom is 0.213 e. The molecule has 0 aliphatic carbocycles. The van der Waals surface area contributed by atoms with Crippen molar-refractivity contribution in [2.45, 2.75) is 12.5 Å². The molecule has 0 amide bonds. The second kappa shape index (κ2) is 3.35. The predicted molar refractivity (Wildman–Crippen MR) is 42.8 cm³/mol. The van der Waals surface area contributed by atoms with Crippen molar-refractivity contribution in [2.24, 2.45) is 5.73 Å². The molecule has 0 fully saturated rings. The molecule has 1 aromatic heterocycles. The van der Waals surface area contributed by atoms with Gasteiger partial charge in [0.15, 0.2) is 0 Å². The predicted octanol–water partition coefficient (Wildman–Crippen LogP) is 0.526. The first kappa shape index (κ1) is 10.0. The Kier molecular flexibility index (Phi) is 2.58. The fraction of sp³-hybridized carbons (Fsp3) is 0.375. The average molecular weight is 188 g/mol. The summed E-state index contributed by atoms with van der Waals surface area (Å²) in [5, 5.41) is 8.83. The zero-order valence-corrected chi connectivity index (χ0v) is 7.09. The van der Waals surface area contributed by atoms with E-state index in [1.54, 1.807) is 0 Å². The van der Waals surface area contributed by atoms with E-state index >= 15 is 0 Å². The molecular weight excluding hydrogens is 178 g/mol. The van der Waals surface area contributed by atoms with Crippen molar-refractivity contribution in [2.75, 3.05) is 6.61 Å². The standard InChI is InChI=1S/C8H10F2N2O/c1-8(11,4-13)5-2-7(10)12-3-6(5)9/h2-3,13H,4,11H2,1H3/t8-/m1/s1. The van der Waals surface area contributed by atoms with Crippen molar-refractivity contribution >= 4 is 0 Å². The number of hydrogen-bond donors (Lipinski definition) is 2. The number of halogens is 2. The molecule has 0 saturated heterocycles. The molecule has 1 rings (SSSR count). The SMILES string of the molecule is C[C@@](N)(CO)c1cc(F)ncc1F. The molecule has 3 nitrogen and oxygen atoms in total. The summed E-state index contributed by atoms with van der Waals surface area (Å²) >= 11 is 0. The van der Waals surface area contributed by atoms with Crippen molar-refractivity contribution < 1.29 is 13.9 Å². The van der Waals surface area contributed by atoms with E-state index in [4.69, 9.17) is 10.8 Å². The van der Waals surface area contributed by atoms with Gasteiger partial charge in [-0.15, -0.1) is 0 Å². The van der Waals surface area contributed by atoms with Gasteiger partial charge in [-0.1, -0.05) is 0 Å². The molecule has 0 unspecified atom stereocenters. The highest BCUT2D eigenvalue weighted by atomic mass is 19.1. The highest BCUT2D eigenvalue weighted by Gasteiger charge is 2.24. The van der Waals surface area contributed by atoms with Crippen molar-refractivity contribution in [3.8, 4) is 0 Å². The number of nitrogens with two attached hydrogens (primary N) is 1. The van der Waals surface area contributed by atoms with Crippen LogP contribution in [-0.4, -0.2) is 16.7 Å². The van der Waals surface area contributed by atoms with Crippen LogP contribution in [0.25, 0.3) is 0 Å². The minimum absolute atomic E-state index is 0.0810. The lowest BCUT2D eigenvalue weighted by atomic mass is 9.95. The van der Waals surface area contributed by atoms with Gasteiger partial charge in [-0.25, -0.2) is 9.37 Å². The van der Waals surface area contributed by atoms with Crippen LogP contribution >= 0.6 is 0 Å². The van der Waals surface area contributed by atoms with E-state index in [9.17, 15) is 8.78 Å². The Bertz CT molecular complexity index is 315. The molecule has 0 aliphatic heterocycles. The molecule has 0 bridgehead atoms. The highest BCUT2D eigenvalue weighted by Crippen LogP contribution is 2.20. The molecule has 0 radical (unpaired) electrons. The lowest BCUT2D eigenvalue weighted by molar-refractivity contribution is 0.205. The average Bonchev–Trinajstić information content (AvgIpc) is 2.09. The Labute approximate surface area is 74.2 Å². The maximum atomic E-state index is 13.0. The van der Waals surface area contributed by atoms with Gasteiger partial charge >= 0.3 is 0 Å². The number of pyridine rings is 1. The van der Waals surface area contributed by atoms with Crippen LogP contribution in [0.3, 0.4) is 0 Å². The summed E-state index contributed by atoms with van der Waals surface area (Å²) in [5.74, 6) is -1.54. The van der Waals surface area contributed by atoms with Gasteiger partial charge in [0.1, 0.15) is 5.82 Å². The number of aliphatic hydroxyl groups is 1. The van der Waals surface area contributed by atoms with Crippen LogP contribution in [0.1, 0.15) is 12.5 Å². The maximum absolute atomic E-state index is 13.0. The van der Waals surface area contributed by atoms with Crippen molar-refractivity contribution in [3.05, 3.63) is 29.6 Å². The van der Waals surface area contributed by atoms with Gasteiger partial charge in [0.25, 0.3) is 0 Å². The van der Waals surface area contributed by atoms with E-state index in [-0.39, 0.29) is 5.56 Å². The Morgan fingerprint density at radius 3 is 2.77 bits per heavy atom. The topological polar surface area (TPSA) is 59.1 Å². The minimum Gasteiger partial charge on any atom is -0.394 e. The number of hydrogen-bond acceptors (Lipinski definition) is 3. The molecule has 5 heteroatoms.